The molecule has 9 heteroatoms. The quantitative estimate of drug-likeness (QED) is 0.365. The zero-order valence-corrected chi connectivity index (χ0v) is 16.1. The van der Waals surface area contributed by atoms with Crippen molar-refractivity contribution in [2.45, 2.75) is 71.1 Å². The molecule has 152 valence electrons. The number of carbonyl (C=O) groups excluding carboxylic acids is 2. The minimum absolute atomic E-state index is 0.274. The Morgan fingerprint density at radius 3 is 2.22 bits per heavy atom. The molecule has 2 rings (SSSR count). The van der Waals surface area contributed by atoms with Crippen molar-refractivity contribution < 1.29 is 34.1 Å². The van der Waals surface area contributed by atoms with E-state index < -0.39 is 47.9 Å². The van der Waals surface area contributed by atoms with Crippen molar-refractivity contribution in [1.29, 1.82) is 0 Å². The van der Waals surface area contributed by atoms with Crippen molar-refractivity contribution in [3.63, 3.8) is 0 Å². The number of ether oxygens (including phenoxy) is 1. The van der Waals surface area contributed by atoms with Gasteiger partial charge >= 0.3 is 17.9 Å². The number of carboxylic acids is 2. The van der Waals surface area contributed by atoms with Gasteiger partial charge in [-0.1, -0.05) is 20.8 Å². The van der Waals surface area contributed by atoms with E-state index in [1.807, 2.05) is 33.0 Å². The van der Waals surface area contributed by atoms with Gasteiger partial charge in [0.2, 0.25) is 11.9 Å². The Morgan fingerprint density at radius 2 is 1.78 bits per heavy atom. The Hall–Kier alpha value is -2.16. The number of carboxylic acid groups (broad SMARTS) is 2. The molecule has 0 aliphatic heterocycles. The predicted octanol–water partition coefficient (Wildman–Crippen LogP) is 0.506. The first kappa shape index (κ1) is 21.1. The van der Waals surface area contributed by atoms with Crippen LogP contribution in [0.1, 0.15) is 53.4 Å². The molecule has 0 aromatic rings. The first-order valence-electron chi connectivity index (χ1n) is 8.98. The van der Waals surface area contributed by atoms with Crippen LogP contribution in [0, 0.1) is 16.7 Å². The summed E-state index contributed by atoms with van der Waals surface area (Å²) >= 11 is 0. The standard InChI is InChI=1S/C18H28N2O7/c1-16(2)9-5-6-17(3,8-9)18(16,4)27-15(26)12(14(24)25)20-13(23)10(19)7-11(21)22/h9-10,12H,5-8,19H2,1-4H3,(H,20,23)(H,21,22)(H,24,25)/t9?,10-,12?,17?,18?/m0/s1. The van der Waals surface area contributed by atoms with Gasteiger partial charge in [0.15, 0.2) is 0 Å². The summed E-state index contributed by atoms with van der Waals surface area (Å²) in [6.45, 7) is 7.87. The minimum Gasteiger partial charge on any atom is -0.481 e. The predicted molar refractivity (Wildman–Crippen MR) is 93.5 cm³/mol. The van der Waals surface area contributed by atoms with Gasteiger partial charge in [-0.25, -0.2) is 9.59 Å². The van der Waals surface area contributed by atoms with E-state index in [-0.39, 0.29) is 10.8 Å². The molecule has 5 atom stereocenters. The Labute approximate surface area is 157 Å². The summed E-state index contributed by atoms with van der Waals surface area (Å²) in [4.78, 5) is 46.8. The summed E-state index contributed by atoms with van der Waals surface area (Å²) in [7, 11) is 0. The van der Waals surface area contributed by atoms with Crippen LogP contribution in [0.25, 0.3) is 0 Å². The van der Waals surface area contributed by atoms with Gasteiger partial charge in [-0.15, -0.1) is 0 Å². The van der Waals surface area contributed by atoms with Crippen molar-refractivity contribution in [2.75, 3.05) is 0 Å². The molecule has 2 bridgehead atoms. The maximum Gasteiger partial charge on any atom is 0.341 e. The highest BCUT2D eigenvalue weighted by molar-refractivity contribution is 6.02. The van der Waals surface area contributed by atoms with Gasteiger partial charge in [0, 0.05) is 10.8 Å². The zero-order valence-electron chi connectivity index (χ0n) is 16.1. The van der Waals surface area contributed by atoms with Crippen LogP contribution in [0.3, 0.4) is 0 Å². The summed E-state index contributed by atoms with van der Waals surface area (Å²) in [5.74, 6) is -4.66. The van der Waals surface area contributed by atoms with Gasteiger partial charge in [0.25, 0.3) is 0 Å². The van der Waals surface area contributed by atoms with Gasteiger partial charge in [-0.05, 0) is 32.1 Å². The van der Waals surface area contributed by atoms with E-state index in [2.05, 4.69) is 0 Å². The molecule has 0 aromatic carbocycles. The van der Waals surface area contributed by atoms with Gasteiger partial charge < -0.3 is 26.0 Å². The molecule has 2 aliphatic rings. The lowest BCUT2D eigenvalue weighted by Gasteiger charge is -2.51. The summed E-state index contributed by atoms with van der Waals surface area (Å²) in [6.07, 6.45) is 2.10. The summed E-state index contributed by atoms with van der Waals surface area (Å²) in [6, 6.07) is -3.42. The normalized spacial score (nSPS) is 33.1. The lowest BCUT2D eigenvalue weighted by molar-refractivity contribution is -0.197. The average molecular weight is 384 g/mol. The molecule has 0 spiro atoms. The topological polar surface area (TPSA) is 156 Å². The smallest absolute Gasteiger partial charge is 0.341 e. The van der Waals surface area contributed by atoms with Crippen molar-refractivity contribution >= 4 is 23.8 Å². The molecule has 0 saturated heterocycles. The molecule has 0 heterocycles. The fourth-order valence-corrected chi connectivity index (χ4v) is 4.72. The van der Waals surface area contributed by atoms with Crippen LogP contribution in [0.5, 0.6) is 0 Å². The third-order valence-corrected chi connectivity index (χ3v) is 6.95. The highest BCUT2D eigenvalue weighted by Crippen LogP contribution is 2.69. The van der Waals surface area contributed by atoms with E-state index in [4.69, 9.17) is 15.6 Å². The van der Waals surface area contributed by atoms with E-state index in [1.54, 1.807) is 0 Å². The molecule has 0 radical (unpaired) electrons. The van der Waals surface area contributed by atoms with E-state index in [0.717, 1.165) is 19.3 Å². The Kier molecular flexibility index (Phi) is 5.31. The van der Waals surface area contributed by atoms with E-state index in [9.17, 15) is 24.3 Å². The van der Waals surface area contributed by atoms with Crippen molar-refractivity contribution in [3.8, 4) is 0 Å². The fourth-order valence-electron chi connectivity index (χ4n) is 4.72. The molecule has 2 aliphatic carbocycles. The number of carbonyl (C=O) groups is 4. The molecule has 2 fully saturated rings. The fraction of sp³-hybridized carbons (Fsp3) is 0.778. The van der Waals surface area contributed by atoms with Crippen LogP contribution < -0.4 is 11.1 Å². The first-order valence-corrected chi connectivity index (χ1v) is 8.98. The Morgan fingerprint density at radius 1 is 1.19 bits per heavy atom. The van der Waals surface area contributed by atoms with Crippen LogP contribution in [0.2, 0.25) is 0 Å². The minimum atomic E-state index is -1.95. The molecule has 5 N–H and O–H groups in total. The van der Waals surface area contributed by atoms with Crippen LogP contribution in [-0.4, -0.2) is 51.7 Å². The van der Waals surface area contributed by atoms with Gasteiger partial charge in [-0.3, -0.25) is 9.59 Å². The highest BCUT2D eigenvalue weighted by Gasteiger charge is 2.69. The Bertz CT molecular complexity index is 670. The van der Waals surface area contributed by atoms with Crippen LogP contribution in [0.15, 0.2) is 0 Å². The van der Waals surface area contributed by atoms with Crippen LogP contribution in [0.4, 0.5) is 0 Å². The Balaban J connectivity index is 2.17. The number of amides is 1. The third-order valence-electron chi connectivity index (χ3n) is 6.95. The maximum absolute atomic E-state index is 12.7. The molecule has 27 heavy (non-hydrogen) atoms. The van der Waals surface area contributed by atoms with Crippen molar-refractivity contribution in [2.24, 2.45) is 22.5 Å². The van der Waals surface area contributed by atoms with E-state index >= 15 is 0 Å². The summed E-state index contributed by atoms with van der Waals surface area (Å²) in [5.41, 5.74) is 3.93. The van der Waals surface area contributed by atoms with Crippen molar-refractivity contribution in [1.82, 2.24) is 5.32 Å². The van der Waals surface area contributed by atoms with Crippen LogP contribution >= 0.6 is 0 Å². The van der Waals surface area contributed by atoms with Gasteiger partial charge in [0.1, 0.15) is 5.60 Å². The number of hydrogen-bond acceptors (Lipinski definition) is 6. The molecule has 4 unspecified atom stereocenters. The lowest BCUT2D eigenvalue weighted by Crippen LogP contribution is -2.59. The largest absolute Gasteiger partial charge is 0.481 e. The monoisotopic (exact) mass is 384 g/mol. The highest BCUT2D eigenvalue weighted by atomic mass is 16.6. The molecule has 9 nitrogen and oxygen atoms in total. The number of nitrogens with two attached hydrogens (primary N) is 1. The second-order valence-corrected chi connectivity index (χ2v) is 8.66. The average Bonchev–Trinajstić information content (AvgIpc) is 2.99. The number of nitrogens with one attached hydrogen (secondary N) is 1. The maximum atomic E-state index is 12.7. The molecule has 1 amide bonds. The number of esters is 1. The number of aliphatic carboxylic acids is 2. The summed E-state index contributed by atoms with van der Waals surface area (Å²) < 4.78 is 5.74. The summed E-state index contributed by atoms with van der Waals surface area (Å²) in [5, 5.41) is 20.1. The second-order valence-electron chi connectivity index (χ2n) is 8.66. The number of fused-ring (bicyclic) bond motifs is 2. The van der Waals surface area contributed by atoms with Crippen LogP contribution in [-0.2, 0) is 23.9 Å². The second kappa shape index (κ2) is 6.78. The molecule has 0 aromatic heterocycles. The molecular formula is C18H28N2O7. The zero-order chi connectivity index (χ0) is 20.8. The van der Waals surface area contributed by atoms with Gasteiger partial charge in [0.05, 0.1) is 12.5 Å². The van der Waals surface area contributed by atoms with Gasteiger partial charge in [-0.2, -0.15) is 0 Å². The van der Waals surface area contributed by atoms with Crippen molar-refractivity contribution in [3.05, 3.63) is 0 Å². The third kappa shape index (κ3) is 3.40. The number of rotatable bonds is 7. The van der Waals surface area contributed by atoms with E-state index in [0.29, 0.717) is 5.92 Å². The first-order chi connectivity index (χ1) is 12.2. The lowest BCUT2D eigenvalue weighted by atomic mass is 9.61. The van der Waals surface area contributed by atoms with E-state index in [1.165, 1.54) is 0 Å². The SMILES string of the molecule is CC12CCC(C1)C(C)(C)C2(C)OC(=O)C(NC(=O)[C@@H](N)CC(=O)O)C(=O)O. The molecular weight excluding hydrogens is 356 g/mol. The number of hydrogen-bond donors (Lipinski definition) is 4. The molecule has 2 saturated carbocycles.